The second-order valence-electron chi connectivity index (χ2n) is 8.51. The highest BCUT2D eigenvalue weighted by molar-refractivity contribution is 5.78. The van der Waals surface area contributed by atoms with Gasteiger partial charge in [0.1, 0.15) is 6.04 Å². The molecule has 1 aromatic carbocycles. The third-order valence-corrected chi connectivity index (χ3v) is 4.86. The molecule has 1 aromatic rings. The number of amides is 2. The summed E-state index contributed by atoms with van der Waals surface area (Å²) in [5.74, 6) is -1.70. The Morgan fingerprint density at radius 1 is 1.21 bits per heavy atom. The molecule has 1 aliphatic rings. The van der Waals surface area contributed by atoms with E-state index in [1.807, 2.05) is 33.0 Å². The molecule has 0 aromatic heterocycles. The van der Waals surface area contributed by atoms with Gasteiger partial charge in [-0.15, -0.1) is 0 Å². The van der Waals surface area contributed by atoms with Gasteiger partial charge in [-0.05, 0) is 45.9 Å². The zero-order chi connectivity index (χ0) is 20.9. The third kappa shape index (κ3) is 6.83. The summed E-state index contributed by atoms with van der Waals surface area (Å²) in [4.78, 5) is 27.5. The predicted molar refractivity (Wildman–Crippen MR) is 102 cm³/mol. The van der Waals surface area contributed by atoms with Crippen LogP contribution >= 0.6 is 0 Å². The van der Waals surface area contributed by atoms with Gasteiger partial charge in [0.25, 0.3) is 11.8 Å². The minimum absolute atomic E-state index is 0.0210. The maximum Gasteiger partial charge on any atom is 0.278 e. The summed E-state index contributed by atoms with van der Waals surface area (Å²) in [5, 5.41) is 4.79. The van der Waals surface area contributed by atoms with Gasteiger partial charge in [-0.2, -0.15) is 0 Å². The van der Waals surface area contributed by atoms with Crippen molar-refractivity contribution in [1.29, 1.82) is 0 Å². The Bertz CT molecular complexity index is 698. The number of quaternary nitrogens is 2. The Labute approximate surface area is 165 Å². The number of nitrogens with zero attached hydrogens (tertiary/aromatic N) is 1. The monoisotopic (exact) mass is 398 g/mol. The van der Waals surface area contributed by atoms with Crippen molar-refractivity contribution in [3.05, 3.63) is 35.4 Å². The van der Waals surface area contributed by atoms with Crippen molar-refractivity contribution in [2.45, 2.75) is 39.3 Å². The molecular weight excluding hydrogens is 366 g/mol. The van der Waals surface area contributed by atoms with Crippen LogP contribution in [0.25, 0.3) is 0 Å². The lowest BCUT2D eigenvalue weighted by atomic mass is 10.1. The number of nitrogens with two attached hydrogens (primary N) is 1. The first-order valence-corrected chi connectivity index (χ1v) is 9.76. The number of carbonyl (C=O) groups excluding carboxylic acids is 2. The van der Waals surface area contributed by atoms with Gasteiger partial charge in [0, 0.05) is 11.1 Å². The van der Waals surface area contributed by atoms with Crippen molar-refractivity contribution in [3.63, 3.8) is 0 Å². The van der Waals surface area contributed by atoms with Gasteiger partial charge >= 0.3 is 0 Å². The molecule has 1 aliphatic heterocycles. The summed E-state index contributed by atoms with van der Waals surface area (Å²) < 4.78 is 26.4. The van der Waals surface area contributed by atoms with E-state index in [0.717, 1.165) is 19.2 Å². The van der Waals surface area contributed by atoms with Gasteiger partial charge in [-0.3, -0.25) is 9.59 Å². The molecule has 156 valence electrons. The summed E-state index contributed by atoms with van der Waals surface area (Å²) in [5.41, 5.74) is 0.402. The Morgan fingerprint density at radius 2 is 1.86 bits per heavy atom. The van der Waals surface area contributed by atoms with Crippen LogP contribution in [-0.4, -0.2) is 61.5 Å². The van der Waals surface area contributed by atoms with E-state index < -0.39 is 11.6 Å². The van der Waals surface area contributed by atoms with Gasteiger partial charge in [0.15, 0.2) is 24.7 Å². The summed E-state index contributed by atoms with van der Waals surface area (Å²) in [6.07, 6.45) is 0. The number of carbonyl (C=O) groups is 2. The summed E-state index contributed by atoms with van der Waals surface area (Å²) >= 11 is 0. The number of benzene rings is 1. The molecule has 1 heterocycles. The topological polar surface area (TPSA) is 70.5 Å². The Hall–Kier alpha value is -2.06. The molecule has 1 fully saturated rings. The smallest absolute Gasteiger partial charge is 0.278 e. The third-order valence-electron chi connectivity index (χ3n) is 4.86. The highest BCUT2D eigenvalue weighted by Crippen LogP contribution is 2.13. The van der Waals surface area contributed by atoms with E-state index in [-0.39, 0.29) is 29.9 Å². The fourth-order valence-electron chi connectivity index (χ4n) is 3.28. The fraction of sp³-hybridized carbons (Fsp3) is 0.600. The van der Waals surface area contributed by atoms with Crippen LogP contribution in [0, 0.1) is 11.6 Å². The van der Waals surface area contributed by atoms with Crippen LogP contribution in [0.5, 0.6) is 0 Å². The number of nitrogens with one attached hydrogen (secondary N) is 2. The molecule has 0 unspecified atom stereocenters. The molecule has 0 bridgehead atoms. The Kier molecular flexibility index (Phi) is 7.48. The number of hydrogen-bond donors (Lipinski definition) is 3. The standard InChI is InChI=1S/C20H30F2N4O2/c1-14(15-5-6-16(21)17(22)11-15)23-12-19(28)26-9-7-25(8-10-26)13-18(27)24-20(2,3)4/h5-6,11,14,23H,7-10,12-13H2,1-4H3,(H,24,27)/p+2/t14-/m0/s1. The molecular formula is C20H32F2N4O2+2. The molecule has 4 N–H and O–H groups in total. The normalized spacial score (nSPS) is 16.7. The van der Waals surface area contributed by atoms with E-state index in [1.54, 1.807) is 4.90 Å². The van der Waals surface area contributed by atoms with E-state index in [2.05, 4.69) is 5.32 Å². The van der Waals surface area contributed by atoms with Crippen molar-refractivity contribution in [2.24, 2.45) is 0 Å². The summed E-state index contributed by atoms with van der Waals surface area (Å²) in [6.45, 7) is 11.1. The quantitative estimate of drug-likeness (QED) is 0.589. The van der Waals surface area contributed by atoms with Crippen molar-refractivity contribution in [2.75, 3.05) is 39.3 Å². The highest BCUT2D eigenvalue weighted by atomic mass is 19.2. The first kappa shape index (κ1) is 22.2. The first-order valence-electron chi connectivity index (χ1n) is 9.76. The molecule has 0 radical (unpaired) electrons. The van der Waals surface area contributed by atoms with E-state index in [0.29, 0.717) is 25.2 Å². The number of hydrogen-bond acceptors (Lipinski definition) is 2. The van der Waals surface area contributed by atoms with Gasteiger partial charge in [-0.1, -0.05) is 0 Å². The van der Waals surface area contributed by atoms with Crippen LogP contribution in [0.2, 0.25) is 0 Å². The van der Waals surface area contributed by atoms with Crippen LogP contribution in [0.1, 0.15) is 39.3 Å². The Morgan fingerprint density at radius 3 is 2.43 bits per heavy atom. The molecule has 1 saturated heterocycles. The molecule has 1 atom stereocenters. The molecule has 0 spiro atoms. The van der Waals surface area contributed by atoms with Gasteiger partial charge in [-0.25, -0.2) is 8.78 Å². The zero-order valence-corrected chi connectivity index (χ0v) is 17.1. The number of halogens is 2. The maximum absolute atomic E-state index is 13.4. The van der Waals surface area contributed by atoms with Crippen molar-refractivity contribution in [3.8, 4) is 0 Å². The molecule has 28 heavy (non-hydrogen) atoms. The molecule has 0 saturated carbocycles. The van der Waals surface area contributed by atoms with E-state index in [1.165, 1.54) is 17.0 Å². The number of piperazine rings is 1. The first-order chi connectivity index (χ1) is 13.0. The van der Waals surface area contributed by atoms with E-state index in [4.69, 9.17) is 0 Å². The van der Waals surface area contributed by atoms with Crippen LogP contribution < -0.4 is 15.5 Å². The largest absolute Gasteiger partial charge is 0.347 e. The SMILES string of the molecule is C[C@H]([NH2+]CC(=O)N1CC[NH+](CC(=O)NC(C)(C)C)CC1)c1ccc(F)c(F)c1. The average Bonchev–Trinajstić information content (AvgIpc) is 2.60. The predicted octanol–water partition coefficient (Wildman–Crippen LogP) is -0.769. The Balaban J connectivity index is 1.74. The lowest BCUT2D eigenvalue weighted by Gasteiger charge is -2.32. The maximum atomic E-state index is 13.4. The van der Waals surface area contributed by atoms with E-state index >= 15 is 0 Å². The summed E-state index contributed by atoms with van der Waals surface area (Å²) in [7, 11) is 0. The van der Waals surface area contributed by atoms with Gasteiger partial charge < -0.3 is 20.4 Å². The minimum Gasteiger partial charge on any atom is -0.347 e. The lowest BCUT2D eigenvalue weighted by molar-refractivity contribution is -0.896. The summed E-state index contributed by atoms with van der Waals surface area (Å²) in [6, 6.07) is 3.67. The zero-order valence-electron chi connectivity index (χ0n) is 17.1. The fourth-order valence-corrected chi connectivity index (χ4v) is 3.28. The molecule has 0 aliphatic carbocycles. The van der Waals surface area contributed by atoms with Crippen molar-refractivity contribution < 1.29 is 28.6 Å². The number of rotatable bonds is 6. The van der Waals surface area contributed by atoms with Crippen LogP contribution in [0.3, 0.4) is 0 Å². The van der Waals surface area contributed by atoms with Crippen molar-refractivity contribution >= 4 is 11.8 Å². The van der Waals surface area contributed by atoms with E-state index in [9.17, 15) is 18.4 Å². The van der Waals surface area contributed by atoms with Gasteiger partial charge in [0.2, 0.25) is 0 Å². The van der Waals surface area contributed by atoms with Crippen LogP contribution in [-0.2, 0) is 9.59 Å². The van der Waals surface area contributed by atoms with Crippen LogP contribution in [0.4, 0.5) is 8.78 Å². The molecule has 8 heteroatoms. The molecule has 6 nitrogen and oxygen atoms in total. The van der Waals surface area contributed by atoms with Gasteiger partial charge in [0.05, 0.1) is 26.2 Å². The van der Waals surface area contributed by atoms with Crippen molar-refractivity contribution in [1.82, 2.24) is 10.2 Å². The second-order valence-corrected chi connectivity index (χ2v) is 8.51. The molecule has 2 amide bonds. The molecule has 2 rings (SSSR count). The second kappa shape index (κ2) is 9.43. The highest BCUT2D eigenvalue weighted by Gasteiger charge is 2.27. The average molecular weight is 398 g/mol. The minimum atomic E-state index is -0.876. The lowest BCUT2D eigenvalue weighted by Crippen LogP contribution is -3.16. The van der Waals surface area contributed by atoms with Crippen LogP contribution in [0.15, 0.2) is 18.2 Å².